The van der Waals surface area contributed by atoms with E-state index in [1.54, 1.807) is 31.4 Å². The summed E-state index contributed by atoms with van der Waals surface area (Å²) in [5, 5.41) is 10.2. The Bertz CT molecular complexity index is 984. The first kappa shape index (κ1) is 19.4. The number of para-hydroxylation sites is 1. The molecule has 1 aliphatic heterocycles. The van der Waals surface area contributed by atoms with Gasteiger partial charge in [-0.3, -0.25) is 9.59 Å². The van der Waals surface area contributed by atoms with Gasteiger partial charge < -0.3 is 14.7 Å². The predicted octanol–water partition coefficient (Wildman–Crippen LogP) is 4.04. The van der Waals surface area contributed by atoms with Crippen molar-refractivity contribution in [1.82, 2.24) is 0 Å². The number of benzene rings is 2. The highest BCUT2D eigenvalue weighted by Gasteiger charge is 2.38. The quantitative estimate of drug-likeness (QED) is 0.484. The Morgan fingerprint density at radius 3 is 2.29 bits per heavy atom. The zero-order valence-corrected chi connectivity index (χ0v) is 16.4. The molecule has 1 aliphatic rings. The monoisotopic (exact) mass is 377 g/mol. The second-order valence-electron chi connectivity index (χ2n) is 7.22. The largest absolute Gasteiger partial charge is 0.507 e. The molecule has 0 aliphatic carbocycles. The predicted molar refractivity (Wildman–Crippen MR) is 110 cm³/mol. The van der Waals surface area contributed by atoms with Crippen molar-refractivity contribution in [3.05, 3.63) is 77.5 Å². The SMILES string of the molecule is COc1ccc(/C(O)=C/C(=O)C(=O)/C=C2/N(C)c3ccccc3C2(C)C)cc1. The molecule has 0 amide bonds. The third-order valence-corrected chi connectivity index (χ3v) is 5.10. The van der Waals surface area contributed by atoms with Gasteiger partial charge in [-0.1, -0.05) is 32.0 Å². The number of aliphatic hydroxyl groups excluding tert-OH is 1. The minimum atomic E-state index is -0.777. The number of rotatable bonds is 5. The van der Waals surface area contributed by atoms with Gasteiger partial charge >= 0.3 is 0 Å². The van der Waals surface area contributed by atoms with Gasteiger partial charge in [-0.25, -0.2) is 0 Å². The minimum absolute atomic E-state index is 0.262. The third kappa shape index (κ3) is 3.43. The van der Waals surface area contributed by atoms with Gasteiger partial charge in [-0.15, -0.1) is 0 Å². The number of anilines is 1. The molecule has 0 radical (unpaired) electrons. The van der Waals surface area contributed by atoms with Gasteiger partial charge in [0.05, 0.1) is 7.11 Å². The van der Waals surface area contributed by atoms with E-state index in [0.717, 1.165) is 23.0 Å². The number of nitrogens with zero attached hydrogens (tertiary/aromatic N) is 1. The van der Waals surface area contributed by atoms with E-state index in [2.05, 4.69) is 0 Å². The van der Waals surface area contributed by atoms with Gasteiger partial charge in [0, 0.05) is 41.6 Å². The van der Waals surface area contributed by atoms with Crippen LogP contribution in [0.3, 0.4) is 0 Å². The standard InChI is InChI=1S/C23H23NO4/c1-23(2)17-7-5-6-8-18(17)24(3)22(23)14-21(27)20(26)13-19(25)15-9-11-16(28-4)12-10-15/h5-14,25H,1-4H3/b19-13-,22-14+. The van der Waals surface area contributed by atoms with E-state index in [9.17, 15) is 14.7 Å². The summed E-state index contributed by atoms with van der Waals surface area (Å²) in [6.45, 7) is 4.03. The summed E-state index contributed by atoms with van der Waals surface area (Å²) in [7, 11) is 3.42. The highest BCUT2D eigenvalue weighted by molar-refractivity contribution is 6.46. The second-order valence-corrected chi connectivity index (χ2v) is 7.22. The molecule has 0 aromatic heterocycles. The number of hydrogen-bond acceptors (Lipinski definition) is 5. The summed E-state index contributed by atoms with van der Waals surface area (Å²) in [5.41, 5.74) is 2.88. The van der Waals surface area contributed by atoms with Gasteiger partial charge in [0.1, 0.15) is 11.5 Å². The molecule has 2 aromatic rings. The molecule has 144 valence electrons. The highest BCUT2D eigenvalue weighted by atomic mass is 16.5. The highest BCUT2D eigenvalue weighted by Crippen LogP contribution is 2.46. The Morgan fingerprint density at radius 1 is 1.04 bits per heavy atom. The fraction of sp³-hybridized carbons (Fsp3) is 0.217. The van der Waals surface area contributed by atoms with Crippen molar-refractivity contribution < 1.29 is 19.4 Å². The Balaban J connectivity index is 1.85. The summed E-state index contributed by atoms with van der Waals surface area (Å²) in [4.78, 5) is 26.8. The molecule has 0 bridgehead atoms. The fourth-order valence-corrected chi connectivity index (χ4v) is 3.49. The van der Waals surface area contributed by atoms with Crippen molar-refractivity contribution in [3.8, 4) is 5.75 Å². The molecule has 5 nitrogen and oxygen atoms in total. The first-order chi connectivity index (χ1) is 13.3. The molecule has 0 atom stereocenters. The number of allylic oxidation sites excluding steroid dienone is 3. The summed E-state index contributed by atoms with van der Waals surface area (Å²) in [5.74, 6) is -1.08. The van der Waals surface area contributed by atoms with E-state index in [0.29, 0.717) is 11.3 Å². The van der Waals surface area contributed by atoms with E-state index in [-0.39, 0.29) is 5.76 Å². The molecule has 28 heavy (non-hydrogen) atoms. The van der Waals surface area contributed by atoms with Crippen molar-refractivity contribution in [2.24, 2.45) is 0 Å². The average molecular weight is 377 g/mol. The minimum Gasteiger partial charge on any atom is -0.507 e. The summed E-state index contributed by atoms with van der Waals surface area (Å²) in [6.07, 6.45) is 2.32. The number of hydrogen-bond donors (Lipinski definition) is 1. The molecule has 0 saturated carbocycles. The molecule has 0 saturated heterocycles. The number of likely N-dealkylation sites (N-methyl/N-ethyl adjacent to an activating group) is 1. The maximum Gasteiger partial charge on any atom is 0.229 e. The van der Waals surface area contributed by atoms with E-state index in [4.69, 9.17) is 4.74 Å². The lowest BCUT2D eigenvalue weighted by Crippen LogP contribution is -2.25. The fourth-order valence-electron chi connectivity index (χ4n) is 3.49. The smallest absolute Gasteiger partial charge is 0.229 e. The van der Waals surface area contributed by atoms with Crippen LogP contribution >= 0.6 is 0 Å². The van der Waals surface area contributed by atoms with Gasteiger partial charge in [0.15, 0.2) is 0 Å². The van der Waals surface area contributed by atoms with Crippen LogP contribution in [0, 0.1) is 0 Å². The normalized spacial score (nSPS) is 16.8. The maximum atomic E-state index is 12.5. The Labute approximate surface area is 164 Å². The van der Waals surface area contributed by atoms with E-state index >= 15 is 0 Å². The molecule has 1 heterocycles. The molecule has 1 N–H and O–H groups in total. The summed E-state index contributed by atoms with van der Waals surface area (Å²) in [6, 6.07) is 14.5. The Kier molecular flexibility index (Phi) is 5.10. The van der Waals surface area contributed by atoms with Crippen molar-refractivity contribution in [2.45, 2.75) is 19.3 Å². The number of aliphatic hydroxyl groups is 1. The van der Waals surface area contributed by atoms with Crippen molar-refractivity contribution in [3.63, 3.8) is 0 Å². The molecule has 5 heteroatoms. The van der Waals surface area contributed by atoms with Crippen LogP contribution in [0.5, 0.6) is 5.75 Å². The van der Waals surface area contributed by atoms with E-state index in [1.807, 2.05) is 50.1 Å². The van der Waals surface area contributed by atoms with Crippen LogP contribution in [-0.2, 0) is 15.0 Å². The molecule has 0 fully saturated rings. The molecule has 3 rings (SSSR count). The zero-order valence-electron chi connectivity index (χ0n) is 16.4. The summed E-state index contributed by atoms with van der Waals surface area (Å²) >= 11 is 0. The van der Waals surface area contributed by atoms with Crippen molar-refractivity contribution in [2.75, 3.05) is 19.1 Å². The zero-order chi connectivity index (χ0) is 20.5. The number of fused-ring (bicyclic) bond motifs is 1. The lowest BCUT2D eigenvalue weighted by molar-refractivity contribution is -0.131. The number of ketones is 2. The van der Waals surface area contributed by atoms with Gasteiger partial charge in [0.25, 0.3) is 0 Å². The number of carbonyl (C=O) groups excluding carboxylic acids is 2. The number of methoxy groups -OCH3 is 1. The van der Waals surface area contributed by atoms with Crippen LogP contribution < -0.4 is 9.64 Å². The van der Waals surface area contributed by atoms with Crippen LogP contribution in [0.4, 0.5) is 5.69 Å². The van der Waals surface area contributed by atoms with Crippen LogP contribution in [0.25, 0.3) is 5.76 Å². The first-order valence-corrected chi connectivity index (χ1v) is 8.94. The van der Waals surface area contributed by atoms with Gasteiger partial charge in [-0.2, -0.15) is 0 Å². The molecular weight excluding hydrogens is 354 g/mol. The van der Waals surface area contributed by atoms with Crippen LogP contribution in [0.2, 0.25) is 0 Å². The van der Waals surface area contributed by atoms with Crippen molar-refractivity contribution >= 4 is 23.0 Å². The van der Waals surface area contributed by atoms with E-state index < -0.39 is 17.0 Å². The van der Waals surface area contributed by atoms with Crippen LogP contribution in [0.15, 0.2) is 66.4 Å². The van der Waals surface area contributed by atoms with Gasteiger partial charge in [0.2, 0.25) is 11.6 Å². The van der Waals surface area contributed by atoms with Gasteiger partial charge in [-0.05, 0) is 35.9 Å². The average Bonchev–Trinajstić information content (AvgIpc) is 2.89. The molecule has 2 aromatic carbocycles. The Hall–Kier alpha value is -3.34. The first-order valence-electron chi connectivity index (χ1n) is 8.94. The van der Waals surface area contributed by atoms with E-state index in [1.165, 1.54) is 6.08 Å². The lowest BCUT2D eigenvalue weighted by Gasteiger charge is -2.23. The molecule has 0 spiro atoms. The summed E-state index contributed by atoms with van der Waals surface area (Å²) < 4.78 is 5.06. The Morgan fingerprint density at radius 2 is 1.68 bits per heavy atom. The third-order valence-electron chi connectivity index (χ3n) is 5.10. The number of ether oxygens (including phenoxy) is 1. The molecule has 0 unspecified atom stereocenters. The van der Waals surface area contributed by atoms with Crippen molar-refractivity contribution in [1.29, 1.82) is 0 Å². The van der Waals surface area contributed by atoms with Crippen LogP contribution in [0.1, 0.15) is 25.0 Å². The topological polar surface area (TPSA) is 66.8 Å². The number of carbonyl (C=O) groups is 2. The second kappa shape index (κ2) is 7.35. The maximum absolute atomic E-state index is 12.5. The lowest BCUT2D eigenvalue weighted by atomic mass is 9.83. The van der Waals surface area contributed by atoms with Crippen LogP contribution in [-0.4, -0.2) is 30.8 Å². The molecular formula is C23H23NO4.